The summed E-state index contributed by atoms with van der Waals surface area (Å²) in [5.74, 6) is 2.11. The van der Waals surface area contributed by atoms with Gasteiger partial charge in [0.15, 0.2) is 11.8 Å². The molecule has 1 aromatic heterocycles. The average Bonchev–Trinajstić information content (AvgIpc) is 3.13. The summed E-state index contributed by atoms with van der Waals surface area (Å²) in [5.41, 5.74) is 1.06. The first-order valence-corrected chi connectivity index (χ1v) is 11.0. The summed E-state index contributed by atoms with van der Waals surface area (Å²) in [7, 11) is 3.63. The molecule has 1 fully saturated rings. The number of aromatic nitrogens is 3. The van der Waals surface area contributed by atoms with Crippen molar-refractivity contribution in [3.63, 3.8) is 0 Å². The van der Waals surface area contributed by atoms with Gasteiger partial charge in [-0.15, -0.1) is 10.2 Å². The number of methoxy groups -OCH3 is 1. The lowest BCUT2D eigenvalue weighted by Crippen LogP contribution is -2.46. The number of halogens is 1. The summed E-state index contributed by atoms with van der Waals surface area (Å²) in [6, 6.07) is 6.79. The largest absolute Gasteiger partial charge is 0.385 e. The van der Waals surface area contributed by atoms with Crippen molar-refractivity contribution >= 4 is 5.96 Å². The number of aliphatic imine (C=N–C) groups is 1. The van der Waals surface area contributed by atoms with Crippen LogP contribution in [0.25, 0.3) is 0 Å². The van der Waals surface area contributed by atoms with E-state index in [0.717, 1.165) is 43.3 Å². The Morgan fingerprint density at radius 2 is 1.97 bits per heavy atom. The smallest absolute Gasteiger partial charge is 0.191 e. The Morgan fingerprint density at radius 3 is 2.62 bits per heavy atom. The molecule has 0 aliphatic carbocycles. The SMILES string of the molecule is COCCCNC(=NCc1nnc(C)n1C)NCC(c1ccc(F)cc1)N1CCOCC1. The predicted octanol–water partition coefficient (Wildman–Crippen LogP) is 1.41. The molecule has 1 aliphatic heterocycles. The van der Waals surface area contributed by atoms with Gasteiger partial charge < -0.3 is 24.7 Å². The highest BCUT2D eigenvalue weighted by molar-refractivity contribution is 5.79. The number of morpholine rings is 1. The van der Waals surface area contributed by atoms with Crippen LogP contribution in [0.3, 0.4) is 0 Å². The zero-order valence-electron chi connectivity index (χ0n) is 19.2. The molecule has 2 heterocycles. The quantitative estimate of drug-likeness (QED) is 0.323. The van der Waals surface area contributed by atoms with Crippen molar-refractivity contribution in [1.29, 1.82) is 0 Å². The third-order valence-electron chi connectivity index (χ3n) is 5.58. The monoisotopic (exact) mass is 447 g/mol. The molecule has 1 aliphatic rings. The molecule has 9 nitrogen and oxygen atoms in total. The van der Waals surface area contributed by atoms with Crippen molar-refractivity contribution in [2.75, 3.05) is 53.1 Å². The van der Waals surface area contributed by atoms with Gasteiger partial charge in [-0.1, -0.05) is 12.1 Å². The molecule has 0 spiro atoms. The molecule has 32 heavy (non-hydrogen) atoms. The fourth-order valence-electron chi connectivity index (χ4n) is 3.56. The number of nitrogens with one attached hydrogen (secondary N) is 2. The molecule has 1 saturated heterocycles. The van der Waals surface area contributed by atoms with Gasteiger partial charge in [0.2, 0.25) is 0 Å². The highest BCUT2D eigenvalue weighted by Gasteiger charge is 2.23. The maximum atomic E-state index is 13.5. The van der Waals surface area contributed by atoms with Gasteiger partial charge in [-0.05, 0) is 31.0 Å². The van der Waals surface area contributed by atoms with E-state index in [9.17, 15) is 4.39 Å². The topological polar surface area (TPSA) is 88.8 Å². The zero-order chi connectivity index (χ0) is 22.8. The van der Waals surface area contributed by atoms with Gasteiger partial charge in [0.25, 0.3) is 0 Å². The lowest BCUT2D eigenvalue weighted by Gasteiger charge is -2.35. The summed E-state index contributed by atoms with van der Waals surface area (Å²) >= 11 is 0. The Labute approximate surface area is 189 Å². The number of nitrogens with zero attached hydrogens (tertiary/aromatic N) is 5. The van der Waals surface area contributed by atoms with E-state index in [4.69, 9.17) is 14.5 Å². The van der Waals surface area contributed by atoms with Crippen LogP contribution in [0.5, 0.6) is 0 Å². The minimum atomic E-state index is -0.233. The van der Waals surface area contributed by atoms with Crippen LogP contribution in [0, 0.1) is 12.7 Å². The highest BCUT2D eigenvalue weighted by Crippen LogP contribution is 2.21. The van der Waals surface area contributed by atoms with Crippen molar-refractivity contribution in [2.24, 2.45) is 12.0 Å². The van der Waals surface area contributed by atoms with Crippen LogP contribution in [0.15, 0.2) is 29.3 Å². The van der Waals surface area contributed by atoms with Gasteiger partial charge in [0.1, 0.15) is 18.2 Å². The van der Waals surface area contributed by atoms with Crippen LogP contribution in [-0.2, 0) is 23.1 Å². The van der Waals surface area contributed by atoms with Gasteiger partial charge in [-0.3, -0.25) is 4.90 Å². The second kappa shape index (κ2) is 12.5. The number of guanidine groups is 1. The fourth-order valence-corrected chi connectivity index (χ4v) is 3.56. The van der Waals surface area contributed by atoms with Crippen molar-refractivity contribution in [3.8, 4) is 0 Å². The molecule has 2 N–H and O–H groups in total. The first-order valence-electron chi connectivity index (χ1n) is 11.0. The second-order valence-corrected chi connectivity index (χ2v) is 7.76. The normalized spacial score (nSPS) is 16.2. The summed E-state index contributed by atoms with van der Waals surface area (Å²) in [6.45, 7) is 7.41. The molecule has 1 aromatic carbocycles. The van der Waals surface area contributed by atoms with Crippen LogP contribution in [-0.4, -0.2) is 78.7 Å². The molecule has 2 aromatic rings. The number of aryl methyl sites for hydroxylation is 1. The molecule has 1 unspecified atom stereocenters. The van der Waals surface area contributed by atoms with Crippen LogP contribution >= 0.6 is 0 Å². The molecule has 176 valence electrons. The van der Waals surface area contributed by atoms with Crippen molar-refractivity contribution in [3.05, 3.63) is 47.3 Å². The Hall–Kier alpha value is -2.56. The van der Waals surface area contributed by atoms with Crippen LogP contribution in [0.1, 0.15) is 29.7 Å². The highest BCUT2D eigenvalue weighted by atomic mass is 19.1. The van der Waals surface area contributed by atoms with E-state index < -0.39 is 0 Å². The standard InChI is InChI=1S/C22H34FN7O2/c1-17-27-28-21(29(17)2)16-26-22(24-9-4-12-31-3)25-15-20(30-10-13-32-14-11-30)18-5-7-19(23)8-6-18/h5-8,20H,4,9-16H2,1-3H3,(H2,24,25,26). The molecular weight excluding hydrogens is 413 g/mol. The second-order valence-electron chi connectivity index (χ2n) is 7.76. The Kier molecular flexibility index (Phi) is 9.39. The van der Waals surface area contributed by atoms with Gasteiger partial charge in [0.05, 0.1) is 19.3 Å². The van der Waals surface area contributed by atoms with Crippen LogP contribution in [0.4, 0.5) is 4.39 Å². The van der Waals surface area contributed by atoms with Crippen LogP contribution < -0.4 is 10.6 Å². The van der Waals surface area contributed by atoms with E-state index >= 15 is 0 Å². The molecule has 0 saturated carbocycles. The van der Waals surface area contributed by atoms with Crippen molar-refractivity contribution in [1.82, 2.24) is 30.3 Å². The number of hydrogen-bond acceptors (Lipinski definition) is 6. The maximum Gasteiger partial charge on any atom is 0.191 e. The van der Waals surface area contributed by atoms with Gasteiger partial charge in [0, 0.05) is 46.9 Å². The number of ether oxygens (including phenoxy) is 2. The van der Waals surface area contributed by atoms with Crippen molar-refractivity contribution < 1.29 is 13.9 Å². The Balaban J connectivity index is 1.71. The van der Waals surface area contributed by atoms with E-state index in [2.05, 4.69) is 25.7 Å². The first-order chi connectivity index (χ1) is 15.6. The maximum absolute atomic E-state index is 13.5. The fraction of sp³-hybridized carbons (Fsp3) is 0.591. The Morgan fingerprint density at radius 1 is 1.22 bits per heavy atom. The van der Waals surface area contributed by atoms with Gasteiger partial charge in [-0.2, -0.15) is 0 Å². The first kappa shape index (κ1) is 24.1. The summed E-state index contributed by atoms with van der Waals surface area (Å²) in [6.07, 6.45) is 0.866. The number of benzene rings is 1. The zero-order valence-corrected chi connectivity index (χ0v) is 19.2. The molecule has 1 atom stereocenters. The van der Waals surface area contributed by atoms with Gasteiger partial charge in [-0.25, -0.2) is 9.38 Å². The van der Waals surface area contributed by atoms with E-state index in [1.165, 1.54) is 12.1 Å². The summed E-state index contributed by atoms with van der Waals surface area (Å²) in [4.78, 5) is 7.08. The van der Waals surface area contributed by atoms with Crippen molar-refractivity contribution in [2.45, 2.75) is 25.9 Å². The Bertz CT molecular complexity index is 850. The van der Waals surface area contributed by atoms with Gasteiger partial charge >= 0.3 is 0 Å². The summed E-state index contributed by atoms with van der Waals surface area (Å²) in [5, 5.41) is 15.1. The predicted molar refractivity (Wildman–Crippen MR) is 121 cm³/mol. The van der Waals surface area contributed by atoms with Crippen LogP contribution in [0.2, 0.25) is 0 Å². The molecule has 10 heteroatoms. The van der Waals surface area contributed by atoms with E-state index in [1.54, 1.807) is 7.11 Å². The third kappa shape index (κ3) is 6.98. The molecule has 3 rings (SSSR count). The van der Waals surface area contributed by atoms with E-state index in [0.29, 0.717) is 38.9 Å². The summed E-state index contributed by atoms with van der Waals surface area (Å²) < 4.78 is 26.1. The lowest BCUT2D eigenvalue weighted by atomic mass is 10.0. The minimum Gasteiger partial charge on any atom is -0.385 e. The number of rotatable bonds is 10. The molecule has 0 radical (unpaired) electrons. The van der Waals surface area contributed by atoms with E-state index in [-0.39, 0.29) is 11.9 Å². The third-order valence-corrected chi connectivity index (χ3v) is 5.58. The van der Waals surface area contributed by atoms with E-state index in [1.807, 2.05) is 30.7 Å². The molecule has 0 amide bonds. The average molecular weight is 448 g/mol. The minimum absolute atomic E-state index is 0.0718. The molecular formula is C22H34FN7O2. The molecule has 0 bridgehead atoms. The lowest BCUT2D eigenvalue weighted by molar-refractivity contribution is 0.0170. The number of hydrogen-bond donors (Lipinski definition) is 2.